The van der Waals surface area contributed by atoms with E-state index in [2.05, 4.69) is 34.3 Å². The highest BCUT2D eigenvalue weighted by atomic mass is 32.2. The van der Waals surface area contributed by atoms with Crippen LogP contribution < -0.4 is 0 Å². The summed E-state index contributed by atoms with van der Waals surface area (Å²) in [5, 5.41) is 12.4. The number of hydrogen-bond donors (Lipinski definition) is 0. The molecule has 5 nitrogen and oxygen atoms in total. The smallest absolute Gasteiger partial charge is 0.169 e. The molecule has 2 aromatic rings. The number of thioether (sulfide) groups is 1. The zero-order chi connectivity index (χ0) is 16.2. The molecule has 2 heterocycles. The molecule has 1 aromatic carbocycles. The van der Waals surface area contributed by atoms with Gasteiger partial charge in [-0.25, -0.2) is 9.07 Å². The topological polar surface area (TPSA) is 46.8 Å². The third-order valence-electron chi connectivity index (χ3n) is 4.14. The molecule has 1 fully saturated rings. The maximum Gasteiger partial charge on any atom is 0.169 e. The fourth-order valence-electron chi connectivity index (χ4n) is 3.04. The van der Waals surface area contributed by atoms with Crippen molar-refractivity contribution in [2.45, 2.75) is 26.4 Å². The molecule has 0 saturated carbocycles. The molecule has 0 radical (unpaired) electrons. The molecule has 0 amide bonds. The van der Waals surface area contributed by atoms with Crippen molar-refractivity contribution in [1.29, 1.82) is 0 Å². The van der Waals surface area contributed by atoms with E-state index < -0.39 is 0 Å². The molecule has 7 heteroatoms. The number of halogens is 1. The van der Waals surface area contributed by atoms with Crippen molar-refractivity contribution >= 4 is 11.8 Å². The van der Waals surface area contributed by atoms with Gasteiger partial charge in [-0.3, -0.25) is 4.90 Å². The van der Waals surface area contributed by atoms with Crippen LogP contribution in [-0.2, 0) is 6.54 Å². The van der Waals surface area contributed by atoms with Crippen LogP contribution in [0.1, 0.15) is 31.3 Å². The van der Waals surface area contributed by atoms with Gasteiger partial charge in [0.05, 0.1) is 12.6 Å². The number of hydrogen-bond acceptors (Lipinski definition) is 5. The third-order valence-corrected chi connectivity index (χ3v) is 5.08. The zero-order valence-corrected chi connectivity index (χ0v) is 14.3. The SMILES string of the molecule is CC(C)[C@H](c1nnnn1Cc1ccc(F)cc1)N1CCSCC1. The van der Waals surface area contributed by atoms with E-state index in [4.69, 9.17) is 0 Å². The van der Waals surface area contributed by atoms with Gasteiger partial charge in [-0.1, -0.05) is 26.0 Å². The first-order chi connectivity index (χ1) is 11.1. The van der Waals surface area contributed by atoms with E-state index in [9.17, 15) is 4.39 Å². The van der Waals surface area contributed by atoms with Crippen molar-refractivity contribution < 1.29 is 4.39 Å². The van der Waals surface area contributed by atoms with Crippen LogP contribution in [-0.4, -0.2) is 49.7 Å². The van der Waals surface area contributed by atoms with Crippen LogP contribution in [0.5, 0.6) is 0 Å². The van der Waals surface area contributed by atoms with E-state index in [1.54, 1.807) is 12.1 Å². The van der Waals surface area contributed by atoms with Crippen molar-refractivity contribution in [2.75, 3.05) is 24.6 Å². The fourth-order valence-corrected chi connectivity index (χ4v) is 3.97. The van der Waals surface area contributed by atoms with Gasteiger partial charge < -0.3 is 0 Å². The molecule has 1 aromatic heterocycles. The van der Waals surface area contributed by atoms with Gasteiger partial charge in [-0.2, -0.15) is 11.8 Å². The highest BCUT2D eigenvalue weighted by Gasteiger charge is 2.29. The lowest BCUT2D eigenvalue weighted by atomic mass is 10.0. The van der Waals surface area contributed by atoms with Gasteiger partial charge >= 0.3 is 0 Å². The van der Waals surface area contributed by atoms with Gasteiger partial charge in [0.2, 0.25) is 0 Å². The second-order valence-corrected chi connectivity index (χ2v) is 7.38. The molecule has 23 heavy (non-hydrogen) atoms. The second kappa shape index (κ2) is 7.40. The predicted octanol–water partition coefficient (Wildman–Crippen LogP) is 2.61. The van der Waals surface area contributed by atoms with E-state index in [1.807, 2.05) is 16.4 Å². The van der Waals surface area contributed by atoms with Crippen LogP contribution in [0.2, 0.25) is 0 Å². The number of aromatic nitrogens is 4. The summed E-state index contributed by atoms with van der Waals surface area (Å²) >= 11 is 2.00. The first kappa shape index (κ1) is 16.4. The largest absolute Gasteiger partial charge is 0.291 e. The molecule has 0 N–H and O–H groups in total. The molecule has 1 aliphatic heterocycles. The quantitative estimate of drug-likeness (QED) is 0.840. The van der Waals surface area contributed by atoms with Gasteiger partial charge in [0.15, 0.2) is 5.82 Å². The minimum Gasteiger partial charge on any atom is -0.291 e. The minimum absolute atomic E-state index is 0.214. The molecule has 1 aliphatic rings. The average Bonchev–Trinajstić information content (AvgIpc) is 2.98. The molecule has 0 spiro atoms. The lowest BCUT2D eigenvalue weighted by Crippen LogP contribution is -2.39. The van der Waals surface area contributed by atoms with Gasteiger partial charge in [-0.05, 0) is 34.0 Å². The summed E-state index contributed by atoms with van der Waals surface area (Å²) in [5.41, 5.74) is 0.997. The maximum absolute atomic E-state index is 13.1. The molecule has 0 bridgehead atoms. The number of nitrogens with zero attached hydrogens (tertiary/aromatic N) is 5. The Balaban J connectivity index is 1.83. The molecular weight excluding hydrogens is 313 g/mol. The number of benzene rings is 1. The fraction of sp³-hybridized carbons (Fsp3) is 0.562. The van der Waals surface area contributed by atoms with E-state index in [-0.39, 0.29) is 11.9 Å². The van der Waals surface area contributed by atoms with Crippen LogP contribution in [0.3, 0.4) is 0 Å². The van der Waals surface area contributed by atoms with E-state index >= 15 is 0 Å². The molecular formula is C16H22FN5S. The highest BCUT2D eigenvalue weighted by Crippen LogP contribution is 2.29. The Labute approximate surface area is 140 Å². The predicted molar refractivity (Wildman–Crippen MR) is 89.8 cm³/mol. The van der Waals surface area contributed by atoms with Gasteiger partial charge in [0.25, 0.3) is 0 Å². The van der Waals surface area contributed by atoms with Gasteiger partial charge in [0.1, 0.15) is 5.82 Å². The molecule has 1 atom stereocenters. The van der Waals surface area contributed by atoms with Crippen molar-refractivity contribution in [1.82, 2.24) is 25.1 Å². The van der Waals surface area contributed by atoms with E-state index in [0.29, 0.717) is 12.5 Å². The Morgan fingerprint density at radius 2 is 1.87 bits per heavy atom. The maximum atomic E-state index is 13.1. The summed E-state index contributed by atoms with van der Waals surface area (Å²) < 4.78 is 14.9. The second-order valence-electron chi connectivity index (χ2n) is 6.16. The Kier molecular flexibility index (Phi) is 5.27. The normalized spacial score (nSPS) is 17.6. The summed E-state index contributed by atoms with van der Waals surface area (Å²) in [7, 11) is 0. The van der Waals surface area contributed by atoms with Crippen LogP contribution >= 0.6 is 11.8 Å². The standard InChI is InChI=1S/C16H22FN5S/c1-12(2)15(21-7-9-23-10-8-21)16-18-19-20-22(16)11-13-3-5-14(17)6-4-13/h3-6,12,15H,7-11H2,1-2H3/t15-/m1/s1. The lowest BCUT2D eigenvalue weighted by molar-refractivity contribution is 0.158. The van der Waals surface area contributed by atoms with Gasteiger partial charge in [0, 0.05) is 24.6 Å². The van der Waals surface area contributed by atoms with Gasteiger partial charge in [-0.15, -0.1) is 5.10 Å². The van der Waals surface area contributed by atoms with Crippen molar-refractivity contribution in [2.24, 2.45) is 5.92 Å². The molecule has 0 unspecified atom stereocenters. The first-order valence-corrected chi connectivity index (χ1v) is 9.13. The first-order valence-electron chi connectivity index (χ1n) is 7.97. The number of tetrazole rings is 1. The van der Waals surface area contributed by atoms with Crippen molar-refractivity contribution in [3.05, 3.63) is 41.5 Å². The Morgan fingerprint density at radius 1 is 1.17 bits per heavy atom. The number of rotatable bonds is 5. The Hall–Kier alpha value is -1.47. The molecule has 124 valence electrons. The summed E-state index contributed by atoms with van der Waals surface area (Å²) in [6.45, 7) is 7.12. The average molecular weight is 335 g/mol. The zero-order valence-electron chi connectivity index (χ0n) is 13.5. The summed E-state index contributed by atoms with van der Waals surface area (Å²) in [6.07, 6.45) is 0. The Bertz CT molecular complexity index is 622. The van der Waals surface area contributed by atoms with E-state index in [1.165, 1.54) is 12.1 Å². The summed E-state index contributed by atoms with van der Waals surface area (Å²) in [4.78, 5) is 2.48. The van der Waals surface area contributed by atoms with Crippen LogP contribution in [0, 0.1) is 11.7 Å². The monoisotopic (exact) mass is 335 g/mol. The van der Waals surface area contributed by atoms with Crippen molar-refractivity contribution in [3.8, 4) is 0 Å². The molecule has 1 saturated heterocycles. The molecule has 0 aliphatic carbocycles. The summed E-state index contributed by atoms with van der Waals surface area (Å²) in [6, 6.07) is 6.72. The van der Waals surface area contributed by atoms with E-state index in [0.717, 1.165) is 36.0 Å². The van der Waals surface area contributed by atoms with Crippen LogP contribution in [0.4, 0.5) is 4.39 Å². The Morgan fingerprint density at radius 3 is 2.52 bits per heavy atom. The summed E-state index contributed by atoms with van der Waals surface area (Å²) in [5.74, 6) is 3.41. The minimum atomic E-state index is -0.225. The third kappa shape index (κ3) is 3.90. The van der Waals surface area contributed by atoms with Crippen molar-refractivity contribution in [3.63, 3.8) is 0 Å². The highest BCUT2D eigenvalue weighted by molar-refractivity contribution is 7.99. The lowest BCUT2D eigenvalue weighted by Gasteiger charge is -2.35. The van der Waals surface area contributed by atoms with Crippen LogP contribution in [0.25, 0.3) is 0 Å². The van der Waals surface area contributed by atoms with Crippen LogP contribution in [0.15, 0.2) is 24.3 Å². The molecule has 3 rings (SSSR count).